The summed E-state index contributed by atoms with van der Waals surface area (Å²) in [6.45, 7) is 4.03. The molecule has 2 heterocycles. The van der Waals surface area contributed by atoms with Gasteiger partial charge in [0.25, 0.3) is 0 Å². The number of pyridine rings is 1. The summed E-state index contributed by atoms with van der Waals surface area (Å²) in [7, 11) is 0. The van der Waals surface area contributed by atoms with Crippen LogP contribution in [0.3, 0.4) is 0 Å². The summed E-state index contributed by atoms with van der Waals surface area (Å²) < 4.78 is 5.55. The minimum atomic E-state index is -0.119. The normalized spacial score (nSPS) is 27.1. The van der Waals surface area contributed by atoms with Crippen LogP contribution in [-0.4, -0.2) is 53.4 Å². The van der Waals surface area contributed by atoms with Gasteiger partial charge in [0.05, 0.1) is 19.3 Å². The molecule has 1 saturated heterocycles. The fourth-order valence-electron chi connectivity index (χ4n) is 2.42. The molecule has 1 aromatic heterocycles. The standard InChI is InChI=1S/C13H21N3O2/c1-10-9-18-12(8-17)7-16(10)13(5-14)11-3-2-4-15-6-11/h2-4,6,10,12-13,17H,5,7-9,14H2,1H3. The van der Waals surface area contributed by atoms with E-state index >= 15 is 0 Å². The molecule has 0 aromatic carbocycles. The molecule has 18 heavy (non-hydrogen) atoms. The third-order valence-electron chi connectivity index (χ3n) is 3.45. The zero-order valence-corrected chi connectivity index (χ0v) is 10.7. The molecular weight excluding hydrogens is 230 g/mol. The van der Waals surface area contributed by atoms with Gasteiger partial charge in [-0.05, 0) is 18.6 Å². The number of rotatable bonds is 4. The molecule has 0 amide bonds. The Morgan fingerprint density at radius 2 is 2.50 bits per heavy atom. The second-order valence-corrected chi connectivity index (χ2v) is 4.72. The molecule has 0 spiro atoms. The van der Waals surface area contributed by atoms with E-state index in [2.05, 4.69) is 16.8 Å². The summed E-state index contributed by atoms with van der Waals surface area (Å²) in [5.41, 5.74) is 7.03. The first-order valence-electron chi connectivity index (χ1n) is 6.34. The predicted molar refractivity (Wildman–Crippen MR) is 69.0 cm³/mol. The van der Waals surface area contributed by atoms with Gasteiger partial charge < -0.3 is 15.6 Å². The number of nitrogens with two attached hydrogens (primary N) is 1. The maximum atomic E-state index is 9.22. The molecule has 0 bridgehead atoms. The minimum absolute atomic E-state index is 0.0492. The van der Waals surface area contributed by atoms with E-state index in [1.54, 1.807) is 6.20 Å². The van der Waals surface area contributed by atoms with E-state index in [0.29, 0.717) is 25.7 Å². The van der Waals surface area contributed by atoms with Gasteiger partial charge in [-0.15, -0.1) is 0 Å². The molecule has 5 heteroatoms. The van der Waals surface area contributed by atoms with Crippen molar-refractivity contribution in [1.82, 2.24) is 9.88 Å². The number of hydrogen-bond donors (Lipinski definition) is 2. The quantitative estimate of drug-likeness (QED) is 0.798. The summed E-state index contributed by atoms with van der Waals surface area (Å²) in [5, 5.41) is 9.22. The first kappa shape index (κ1) is 13.4. The van der Waals surface area contributed by atoms with Gasteiger partial charge in [-0.3, -0.25) is 9.88 Å². The van der Waals surface area contributed by atoms with Crippen LogP contribution in [0.1, 0.15) is 18.5 Å². The van der Waals surface area contributed by atoms with Crippen molar-refractivity contribution in [2.75, 3.05) is 26.3 Å². The number of nitrogens with zero attached hydrogens (tertiary/aromatic N) is 2. The highest BCUT2D eigenvalue weighted by Crippen LogP contribution is 2.24. The molecule has 0 saturated carbocycles. The zero-order chi connectivity index (χ0) is 13.0. The largest absolute Gasteiger partial charge is 0.394 e. The Hall–Kier alpha value is -1.01. The summed E-state index contributed by atoms with van der Waals surface area (Å²) in [4.78, 5) is 6.44. The second kappa shape index (κ2) is 6.24. The number of aliphatic hydroxyl groups is 1. The average molecular weight is 251 g/mol. The van der Waals surface area contributed by atoms with Crippen LogP contribution in [0.2, 0.25) is 0 Å². The van der Waals surface area contributed by atoms with E-state index in [1.165, 1.54) is 0 Å². The smallest absolute Gasteiger partial charge is 0.0933 e. The Balaban J connectivity index is 2.15. The fraction of sp³-hybridized carbons (Fsp3) is 0.615. The van der Waals surface area contributed by atoms with Gasteiger partial charge in [-0.25, -0.2) is 0 Å². The Morgan fingerprint density at radius 1 is 1.67 bits per heavy atom. The van der Waals surface area contributed by atoms with Gasteiger partial charge >= 0.3 is 0 Å². The molecule has 3 atom stereocenters. The molecule has 0 aliphatic carbocycles. The maximum Gasteiger partial charge on any atom is 0.0933 e. The van der Waals surface area contributed by atoms with E-state index in [1.807, 2.05) is 18.3 Å². The molecule has 1 aliphatic rings. The van der Waals surface area contributed by atoms with Gasteiger partial charge in [0, 0.05) is 37.6 Å². The predicted octanol–water partition coefficient (Wildman–Crippen LogP) is 0.163. The maximum absolute atomic E-state index is 9.22. The van der Waals surface area contributed by atoms with Crippen LogP contribution in [-0.2, 0) is 4.74 Å². The summed E-state index contributed by atoms with van der Waals surface area (Å²) in [6, 6.07) is 4.39. The van der Waals surface area contributed by atoms with Crippen molar-refractivity contribution >= 4 is 0 Å². The topological polar surface area (TPSA) is 71.6 Å². The highest BCUT2D eigenvalue weighted by Gasteiger charge is 2.31. The molecule has 3 N–H and O–H groups in total. The Labute approximate surface area is 108 Å². The van der Waals surface area contributed by atoms with Crippen LogP contribution < -0.4 is 5.73 Å². The number of aliphatic hydroxyl groups excluding tert-OH is 1. The lowest BCUT2D eigenvalue weighted by molar-refractivity contribution is -0.0907. The van der Waals surface area contributed by atoms with Crippen molar-refractivity contribution in [3.8, 4) is 0 Å². The van der Waals surface area contributed by atoms with Gasteiger partial charge in [-0.1, -0.05) is 6.07 Å². The highest BCUT2D eigenvalue weighted by molar-refractivity contribution is 5.15. The first-order valence-corrected chi connectivity index (χ1v) is 6.34. The van der Waals surface area contributed by atoms with E-state index in [9.17, 15) is 5.11 Å². The van der Waals surface area contributed by atoms with Crippen molar-refractivity contribution in [1.29, 1.82) is 0 Å². The SMILES string of the molecule is CC1COC(CO)CN1C(CN)c1cccnc1. The summed E-state index contributed by atoms with van der Waals surface area (Å²) in [5.74, 6) is 0. The zero-order valence-electron chi connectivity index (χ0n) is 10.7. The summed E-state index contributed by atoms with van der Waals surface area (Å²) in [6.07, 6.45) is 3.50. The fourth-order valence-corrected chi connectivity index (χ4v) is 2.42. The van der Waals surface area contributed by atoms with E-state index < -0.39 is 0 Å². The van der Waals surface area contributed by atoms with E-state index in [4.69, 9.17) is 10.5 Å². The van der Waals surface area contributed by atoms with Crippen molar-refractivity contribution in [2.45, 2.75) is 25.1 Å². The van der Waals surface area contributed by atoms with E-state index in [-0.39, 0.29) is 18.8 Å². The Kier molecular flexibility index (Phi) is 4.66. The number of aromatic nitrogens is 1. The lowest BCUT2D eigenvalue weighted by Crippen LogP contribution is -2.52. The monoisotopic (exact) mass is 251 g/mol. The van der Waals surface area contributed by atoms with Crippen LogP contribution in [0.25, 0.3) is 0 Å². The third kappa shape index (κ3) is 2.87. The van der Waals surface area contributed by atoms with Crippen LogP contribution in [0.4, 0.5) is 0 Å². The molecule has 5 nitrogen and oxygen atoms in total. The molecule has 2 rings (SSSR count). The molecule has 100 valence electrons. The van der Waals surface area contributed by atoms with Crippen molar-refractivity contribution in [2.24, 2.45) is 5.73 Å². The average Bonchev–Trinajstić information content (AvgIpc) is 2.43. The summed E-state index contributed by atoms with van der Waals surface area (Å²) >= 11 is 0. The van der Waals surface area contributed by atoms with Gasteiger partial charge in [0.1, 0.15) is 0 Å². The molecular formula is C13H21N3O2. The van der Waals surface area contributed by atoms with Crippen LogP contribution >= 0.6 is 0 Å². The first-order chi connectivity index (χ1) is 8.76. The van der Waals surface area contributed by atoms with Crippen LogP contribution in [0.5, 0.6) is 0 Å². The highest BCUT2D eigenvalue weighted by atomic mass is 16.5. The minimum Gasteiger partial charge on any atom is -0.394 e. The molecule has 1 fully saturated rings. The van der Waals surface area contributed by atoms with E-state index in [0.717, 1.165) is 5.56 Å². The molecule has 1 aromatic rings. The van der Waals surface area contributed by atoms with Crippen molar-refractivity contribution in [3.05, 3.63) is 30.1 Å². The van der Waals surface area contributed by atoms with Crippen molar-refractivity contribution < 1.29 is 9.84 Å². The lowest BCUT2D eigenvalue weighted by atomic mass is 10.0. The number of ether oxygens (including phenoxy) is 1. The van der Waals surface area contributed by atoms with Gasteiger partial charge in [-0.2, -0.15) is 0 Å². The molecule has 3 unspecified atom stereocenters. The lowest BCUT2D eigenvalue weighted by Gasteiger charge is -2.42. The number of hydrogen-bond acceptors (Lipinski definition) is 5. The van der Waals surface area contributed by atoms with Gasteiger partial charge in [0.15, 0.2) is 0 Å². The Morgan fingerprint density at radius 3 is 3.11 bits per heavy atom. The second-order valence-electron chi connectivity index (χ2n) is 4.72. The van der Waals surface area contributed by atoms with Crippen LogP contribution in [0.15, 0.2) is 24.5 Å². The Bertz CT molecular complexity index is 361. The van der Waals surface area contributed by atoms with Gasteiger partial charge in [0.2, 0.25) is 0 Å². The molecule has 0 radical (unpaired) electrons. The molecule has 1 aliphatic heterocycles. The third-order valence-corrected chi connectivity index (χ3v) is 3.45. The van der Waals surface area contributed by atoms with Crippen molar-refractivity contribution in [3.63, 3.8) is 0 Å². The number of morpholine rings is 1. The van der Waals surface area contributed by atoms with Crippen LogP contribution in [0, 0.1) is 0 Å².